The van der Waals surface area contributed by atoms with Gasteiger partial charge in [-0.25, -0.2) is 0 Å². The van der Waals surface area contributed by atoms with E-state index in [1.165, 1.54) is 25.7 Å². The maximum absolute atomic E-state index is 9.41. The molecular weight excluding hydrogens is 164 g/mol. The minimum absolute atomic E-state index is 0.155. The van der Waals surface area contributed by atoms with E-state index in [9.17, 15) is 10.2 Å². The molecule has 0 amide bonds. The summed E-state index contributed by atoms with van der Waals surface area (Å²) in [5, 5.41) is 18.8. The smallest absolute Gasteiger partial charge is 0.0512 e. The Bertz CT molecular complexity index is 135. The molecule has 0 radical (unpaired) electrons. The Hall–Kier alpha value is -0.0800. The van der Waals surface area contributed by atoms with Crippen LogP contribution in [-0.2, 0) is 0 Å². The summed E-state index contributed by atoms with van der Waals surface area (Å²) in [5.74, 6) is 0.558. The van der Waals surface area contributed by atoms with Crippen molar-refractivity contribution >= 4 is 0 Å². The van der Waals surface area contributed by atoms with Crippen LogP contribution < -0.4 is 0 Å². The molecule has 2 nitrogen and oxygen atoms in total. The minimum atomic E-state index is -0.175. The zero-order valence-corrected chi connectivity index (χ0v) is 8.63. The van der Waals surface area contributed by atoms with Crippen LogP contribution in [0.3, 0.4) is 0 Å². The summed E-state index contributed by atoms with van der Waals surface area (Å²) < 4.78 is 0. The molecule has 0 aromatic carbocycles. The van der Waals surface area contributed by atoms with Crippen molar-refractivity contribution in [2.45, 2.75) is 45.4 Å². The quantitative estimate of drug-likeness (QED) is 0.689. The Morgan fingerprint density at radius 1 is 1.15 bits per heavy atom. The van der Waals surface area contributed by atoms with Gasteiger partial charge in [0.05, 0.1) is 13.2 Å². The first-order valence-corrected chi connectivity index (χ1v) is 5.51. The zero-order valence-electron chi connectivity index (χ0n) is 8.63. The van der Waals surface area contributed by atoms with Crippen molar-refractivity contribution in [2.24, 2.45) is 11.3 Å². The van der Waals surface area contributed by atoms with E-state index < -0.39 is 0 Å². The molecule has 0 unspecified atom stereocenters. The molecule has 1 aliphatic carbocycles. The molecule has 0 aliphatic heterocycles. The lowest BCUT2D eigenvalue weighted by Crippen LogP contribution is -2.36. The maximum Gasteiger partial charge on any atom is 0.0512 e. The van der Waals surface area contributed by atoms with E-state index in [0.717, 1.165) is 12.8 Å². The van der Waals surface area contributed by atoms with Gasteiger partial charge in [-0.2, -0.15) is 0 Å². The lowest BCUT2D eigenvalue weighted by Gasteiger charge is -2.35. The summed E-state index contributed by atoms with van der Waals surface area (Å²) >= 11 is 0. The van der Waals surface area contributed by atoms with Crippen molar-refractivity contribution in [1.29, 1.82) is 0 Å². The van der Waals surface area contributed by atoms with Crippen LogP contribution in [0.5, 0.6) is 0 Å². The van der Waals surface area contributed by atoms with Crippen LogP contribution in [0.4, 0.5) is 0 Å². The third-order valence-electron chi connectivity index (χ3n) is 3.60. The van der Waals surface area contributed by atoms with E-state index in [0.29, 0.717) is 5.92 Å². The van der Waals surface area contributed by atoms with Crippen molar-refractivity contribution in [3.63, 3.8) is 0 Å². The van der Waals surface area contributed by atoms with Crippen molar-refractivity contribution in [2.75, 3.05) is 13.2 Å². The molecule has 0 aromatic rings. The Morgan fingerprint density at radius 2 is 1.69 bits per heavy atom. The highest BCUT2D eigenvalue weighted by Crippen LogP contribution is 2.42. The van der Waals surface area contributed by atoms with E-state index in [4.69, 9.17) is 0 Å². The molecule has 1 rings (SSSR count). The molecule has 0 bridgehead atoms. The highest BCUT2D eigenvalue weighted by atomic mass is 16.3. The molecule has 0 aromatic heterocycles. The van der Waals surface area contributed by atoms with Gasteiger partial charge >= 0.3 is 0 Å². The van der Waals surface area contributed by atoms with Gasteiger partial charge < -0.3 is 10.2 Å². The van der Waals surface area contributed by atoms with Gasteiger partial charge in [-0.1, -0.05) is 26.2 Å². The zero-order chi connectivity index (χ0) is 9.73. The Balaban J connectivity index is 2.62. The minimum Gasteiger partial charge on any atom is -0.396 e. The fourth-order valence-corrected chi connectivity index (χ4v) is 2.71. The van der Waals surface area contributed by atoms with E-state index in [2.05, 4.69) is 6.92 Å². The molecule has 1 aliphatic rings. The topological polar surface area (TPSA) is 40.5 Å². The normalized spacial score (nSPS) is 19.6. The van der Waals surface area contributed by atoms with E-state index >= 15 is 0 Å². The van der Waals surface area contributed by atoms with Crippen molar-refractivity contribution in [3.05, 3.63) is 0 Å². The SMILES string of the molecule is CCCC(CO)(CO)C1CCCC1. The number of rotatable bonds is 5. The number of hydrogen-bond acceptors (Lipinski definition) is 2. The van der Waals surface area contributed by atoms with Crippen LogP contribution in [0.25, 0.3) is 0 Å². The van der Waals surface area contributed by atoms with Crippen LogP contribution in [0.15, 0.2) is 0 Å². The summed E-state index contributed by atoms with van der Waals surface area (Å²) in [6, 6.07) is 0. The van der Waals surface area contributed by atoms with Gasteiger partial charge in [-0.15, -0.1) is 0 Å². The van der Waals surface area contributed by atoms with E-state index in [-0.39, 0.29) is 18.6 Å². The third-order valence-corrected chi connectivity index (χ3v) is 3.60. The summed E-state index contributed by atoms with van der Waals surface area (Å²) in [7, 11) is 0. The van der Waals surface area contributed by atoms with Crippen LogP contribution in [0.1, 0.15) is 45.4 Å². The lowest BCUT2D eigenvalue weighted by atomic mass is 9.72. The fraction of sp³-hybridized carbons (Fsp3) is 1.00. The van der Waals surface area contributed by atoms with Gasteiger partial charge in [0.15, 0.2) is 0 Å². The summed E-state index contributed by atoms with van der Waals surface area (Å²) in [6.45, 7) is 2.43. The predicted octanol–water partition coefficient (Wildman–Crippen LogP) is 1.95. The molecule has 1 fully saturated rings. The predicted molar refractivity (Wildman–Crippen MR) is 53.5 cm³/mol. The first kappa shape index (κ1) is 11.0. The number of aliphatic hydroxyl groups is 2. The average Bonchev–Trinajstić information content (AvgIpc) is 2.68. The Labute approximate surface area is 81.0 Å². The molecular formula is C11H22O2. The molecule has 2 heteroatoms. The van der Waals surface area contributed by atoms with Crippen molar-refractivity contribution in [3.8, 4) is 0 Å². The lowest BCUT2D eigenvalue weighted by molar-refractivity contribution is -0.00206. The molecule has 0 heterocycles. The monoisotopic (exact) mass is 186 g/mol. The highest BCUT2D eigenvalue weighted by Gasteiger charge is 2.38. The van der Waals surface area contributed by atoms with Gasteiger partial charge in [-0.3, -0.25) is 0 Å². The number of hydrogen-bond donors (Lipinski definition) is 2. The Morgan fingerprint density at radius 3 is 2.08 bits per heavy atom. The number of aliphatic hydroxyl groups excluding tert-OH is 2. The molecule has 13 heavy (non-hydrogen) atoms. The van der Waals surface area contributed by atoms with Crippen LogP contribution in [-0.4, -0.2) is 23.4 Å². The maximum atomic E-state index is 9.41. The second kappa shape index (κ2) is 4.97. The molecule has 0 saturated heterocycles. The second-order valence-corrected chi connectivity index (χ2v) is 4.41. The fourth-order valence-electron chi connectivity index (χ4n) is 2.71. The van der Waals surface area contributed by atoms with Crippen molar-refractivity contribution < 1.29 is 10.2 Å². The molecule has 78 valence electrons. The molecule has 2 N–H and O–H groups in total. The van der Waals surface area contributed by atoms with E-state index in [1.807, 2.05) is 0 Å². The molecule has 0 spiro atoms. The highest BCUT2D eigenvalue weighted by molar-refractivity contribution is 4.88. The molecule has 1 saturated carbocycles. The van der Waals surface area contributed by atoms with Gasteiger partial charge in [0.25, 0.3) is 0 Å². The summed E-state index contributed by atoms with van der Waals surface area (Å²) in [6.07, 6.45) is 6.96. The summed E-state index contributed by atoms with van der Waals surface area (Å²) in [4.78, 5) is 0. The van der Waals surface area contributed by atoms with Crippen LogP contribution in [0, 0.1) is 11.3 Å². The van der Waals surface area contributed by atoms with Crippen LogP contribution in [0.2, 0.25) is 0 Å². The van der Waals surface area contributed by atoms with Gasteiger partial charge in [-0.05, 0) is 25.2 Å². The van der Waals surface area contributed by atoms with E-state index in [1.54, 1.807) is 0 Å². The van der Waals surface area contributed by atoms with Crippen LogP contribution >= 0.6 is 0 Å². The third kappa shape index (κ3) is 2.23. The first-order valence-electron chi connectivity index (χ1n) is 5.51. The first-order chi connectivity index (χ1) is 6.29. The van der Waals surface area contributed by atoms with Gasteiger partial charge in [0.1, 0.15) is 0 Å². The largest absolute Gasteiger partial charge is 0.396 e. The Kier molecular flexibility index (Phi) is 4.20. The second-order valence-electron chi connectivity index (χ2n) is 4.41. The summed E-state index contributed by atoms with van der Waals surface area (Å²) in [5.41, 5.74) is -0.175. The van der Waals surface area contributed by atoms with Gasteiger partial charge in [0, 0.05) is 5.41 Å². The van der Waals surface area contributed by atoms with Gasteiger partial charge in [0.2, 0.25) is 0 Å². The standard InChI is InChI=1S/C11H22O2/c1-2-7-11(8-12,9-13)10-5-3-4-6-10/h10,12-13H,2-9H2,1H3. The average molecular weight is 186 g/mol. The molecule has 0 atom stereocenters. The van der Waals surface area contributed by atoms with Crippen molar-refractivity contribution in [1.82, 2.24) is 0 Å².